The van der Waals surface area contributed by atoms with Crippen LogP contribution in [-0.4, -0.2) is 5.91 Å². The normalized spacial score (nSPS) is 15.3. The highest BCUT2D eigenvalue weighted by molar-refractivity contribution is 7.12. The zero-order chi connectivity index (χ0) is 14.7. The molecule has 21 heavy (non-hydrogen) atoms. The predicted octanol–water partition coefficient (Wildman–Crippen LogP) is 4.51. The summed E-state index contributed by atoms with van der Waals surface area (Å²) >= 11 is 1.49. The summed E-state index contributed by atoms with van der Waals surface area (Å²) in [5.41, 5.74) is 4.20. The minimum absolute atomic E-state index is 0.0366. The topological polar surface area (TPSA) is 29.1 Å². The maximum absolute atomic E-state index is 12.2. The molecule has 0 saturated heterocycles. The van der Waals surface area contributed by atoms with E-state index in [2.05, 4.69) is 30.4 Å². The first-order valence-corrected chi connectivity index (χ1v) is 8.62. The molecule has 0 spiro atoms. The summed E-state index contributed by atoms with van der Waals surface area (Å²) in [4.78, 5) is 13.0. The van der Waals surface area contributed by atoms with Crippen molar-refractivity contribution >= 4 is 17.2 Å². The molecule has 1 atom stereocenters. The zero-order valence-corrected chi connectivity index (χ0v) is 13.2. The van der Waals surface area contributed by atoms with Crippen molar-refractivity contribution in [1.29, 1.82) is 0 Å². The first kappa shape index (κ1) is 14.3. The van der Waals surface area contributed by atoms with E-state index in [9.17, 15) is 4.79 Å². The summed E-state index contributed by atoms with van der Waals surface area (Å²) in [5, 5.41) is 5.10. The van der Waals surface area contributed by atoms with Crippen LogP contribution in [0.2, 0.25) is 0 Å². The van der Waals surface area contributed by atoms with E-state index in [1.807, 2.05) is 17.5 Å². The first-order valence-electron chi connectivity index (χ1n) is 7.74. The highest BCUT2D eigenvalue weighted by atomic mass is 32.1. The lowest BCUT2D eigenvalue weighted by Crippen LogP contribution is -2.27. The fourth-order valence-corrected chi connectivity index (χ4v) is 3.66. The largest absolute Gasteiger partial charge is 0.345 e. The number of carbonyl (C=O) groups is 1. The van der Waals surface area contributed by atoms with Gasteiger partial charge in [0.15, 0.2) is 0 Å². The molecule has 2 nitrogen and oxygen atoms in total. The number of benzene rings is 1. The molecule has 1 heterocycles. The monoisotopic (exact) mass is 299 g/mol. The second kappa shape index (κ2) is 6.44. The molecule has 110 valence electrons. The van der Waals surface area contributed by atoms with Gasteiger partial charge in [0, 0.05) is 0 Å². The van der Waals surface area contributed by atoms with E-state index in [4.69, 9.17) is 0 Å². The highest BCUT2D eigenvalue weighted by Gasteiger charge is 2.17. The average Bonchev–Trinajstić information content (AvgIpc) is 3.06. The van der Waals surface area contributed by atoms with Crippen LogP contribution in [0.4, 0.5) is 0 Å². The van der Waals surface area contributed by atoms with Crippen molar-refractivity contribution in [2.24, 2.45) is 0 Å². The summed E-state index contributed by atoms with van der Waals surface area (Å²) in [5.74, 6) is 0.0366. The van der Waals surface area contributed by atoms with Gasteiger partial charge < -0.3 is 5.32 Å². The van der Waals surface area contributed by atoms with E-state index in [1.54, 1.807) is 0 Å². The second-order valence-electron chi connectivity index (χ2n) is 5.65. The summed E-state index contributed by atoms with van der Waals surface area (Å²) in [6, 6.07) is 10.6. The molecule has 0 unspecified atom stereocenters. The fraction of sp³-hybridized carbons (Fsp3) is 0.389. The summed E-state index contributed by atoms with van der Waals surface area (Å²) in [6.07, 6.45) is 5.88. The summed E-state index contributed by atoms with van der Waals surface area (Å²) in [6.45, 7) is 2.12. The predicted molar refractivity (Wildman–Crippen MR) is 87.9 cm³/mol. The van der Waals surface area contributed by atoms with Gasteiger partial charge in [-0.05, 0) is 60.2 Å². The van der Waals surface area contributed by atoms with Crippen molar-refractivity contribution in [3.05, 3.63) is 57.3 Å². The van der Waals surface area contributed by atoms with Gasteiger partial charge in [-0.2, -0.15) is 0 Å². The lowest BCUT2D eigenvalue weighted by atomic mass is 9.89. The number of aryl methyl sites for hydroxylation is 2. The maximum Gasteiger partial charge on any atom is 0.261 e. The summed E-state index contributed by atoms with van der Waals surface area (Å²) in [7, 11) is 0. The van der Waals surface area contributed by atoms with Crippen LogP contribution in [0.15, 0.2) is 35.7 Å². The fourth-order valence-electron chi connectivity index (χ4n) is 3.03. The van der Waals surface area contributed by atoms with Crippen LogP contribution in [0.1, 0.15) is 58.6 Å². The Hall–Kier alpha value is -1.61. The lowest BCUT2D eigenvalue weighted by molar-refractivity contribution is 0.0939. The van der Waals surface area contributed by atoms with Crippen LogP contribution < -0.4 is 5.32 Å². The molecule has 0 saturated carbocycles. The Morgan fingerprint density at radius 3 is 2.76 bits per heavy atom. The standard InChI is InChI=1S/C18H21NOS/c1-2-16(19-18(20)17-8-5-11-21-17)15-10-9-13-6-3-4-7-14(13)12-15/h5,8-12,16H,2-4,6-7H2,1H3,(H,19,20)/t16-/m1/s1. The van der Waals surface area contributed by atoms with Crippen molar-refractivity contribution in [3.63, 3.8) is 0 Å². The first-order chi connectivity index (χ1) is 10.3. The molecule has 1 aliphatic rings. The third-order valence-electron chi connectivity index (χ3n) is 4.23. The molecule has 0 bridgehead atoms. The van der Waals surface area contributed by atoms with Crippen molar-refractivity contribution < 1.29 is 4.79 Å². The van der Waals surface area contributed by atoms with E-state index in [-0.39, 0.29) is 11.9 Å². The van der Waals surface area contributed by atoms with Gasteiger partial charge in [-0.25, -0.2) is 0 Å². The Balaban J connectivity index is 1.78. The van der Waals surface area contributed by atoms with Gasteiger partial charge in [0.05, 0.1) is 10.9 Å². The van der Waals surface area contributed by atoms with Crippen LogP contribution in [0.25, 0.3) is 0 Å². The lowest BCUT2D eigenvalue weighted by Gasteiger charge is -2.21. The molecular formula is C18H21NOS. The number of rotatable bonds is 4. The van der Waals surface area contributed by atoms with E-state index in [0.29, 0.717) is 0 Å². The van der Waals surface area contributed by atoms with Gasteiger partial charge in [-0.1, -0.05) is 31.2 Å². The molecule has 3 rings (SSSR count). The SMILES string of the molecule is CC[C@@H](NC(=O)c1cccs1)c1ccc2c(c1)CCCC2. The van der Waals surface area contributed by atoms with Gasteiger partial charge in [0.1, 0.15) is 0 Å². The van der Waals surface area contributed by atoms with Crippen LogP contribution in [-0.2, 0) is 12.8 Å². The zero-order valence-electron chi connectivity index (χ0n) is 12.4. The molecular weight excluding hydrogens is 278 g/mol. The van der Waals surface area contributed by atoms with Crippen LogP contribution in [0.5, 0.6) is 0 Å². The Morgan fingerprint density at radius 1 is 1.24 bits per heavy atom. The van der Waals surface area contributed by atoms with E-state index < -0.39 is 0 Å². The second-order valence-corrected chi connectivity index (χ2v) is 6.59. The van der Waals surface area contributed by atoms with Gasteiger partial charge >= 0.3 is 0 Å². The maximum atomic E-state index is 12.2. The van der Waals surface area contributed by atoms with E-state index in [0.717, 1.165) is 11.3 Å². The minimum atomic E-state index is 0.0366. The van der Waals surface area contributed by atoms with Gasteiger partial charge in [0.2, 0.25) is 0 Å². The number of hydrogen-bond acceptors (Lipinski definition) is 2. The quantitative estimate of drug-likeness (QED) is 0.884. The Morgan fingerprint density at radius 2 is 2.05 bits per heavy atom. The molecule has 3 heteroatoms. The van der Waals surface area contributed by atoms with Gasteiger partial charge in [-0.15, -0.1) is 11.3 Å². The molecule has 1 aliphatic carbocycles. The molecule has 1 N–H and O–H groups in total. The number of carbonyl (C=O) groups excluding carboxylic acids is 1. The number of hydrogen-bond donors (Lipinski definition) is 1. The van der Waals surface area contributed by atoms with Crippen LogP contribution in [0, 0.1) is 0 Å². The van der Waals surface area contributed by atoms with Crippen molar-refractivity contribution in [3.8, 4) is 0 Å². The molecule has 1 aromatic carbocycles. The Labute approximate surface area is 130 Å². The van der Waals surface area contributed by atoms with Crippen molar-refractivity contribution in [2.75, 3.05) is 0 Å². The van der Waals surface area contributed by atoms with Crippen molar-refractivity contribution in [2.45, 2.75) is 45.1 Å². The number of amides is 1. The smallest absolute Gasteiger partial charge is 0.261 e. The number of thiophene rings is 1. The molecule has 1 aromatic heterocycles. The molecule has 2 aromatic rings. The third-order valence-corrected chi connectivity index (χ3v) is 5.10. The van der Waals surface area contributed by atoms with E-state index >= 15 is 0 Å². The third kappa shape index (κ3) is 3.18. The molecule has 0 fully saturated rings. The number of nitrogens with one attached hydrogen (secondary N) is 1. The minimum Gasteiger partial charge on any atom is -0.345 e. The summed E-state index contributed by atoms with van der Waals surface area (Å²) < 4.78 is 0. The van der Waals surface area contributed by atoms with Crippen LogP contribution >= 0.6 is 11.3 Å². The van der Waals surface area contributed by atoms with E-state index in [1.165, 1.54) is 53.7 Å². The van der Waals surface area contributed by atoms with Gasteiger partial charge in [-0.3, -0.25) is 4.79 Å². The molecule has 0 radical (unpaired) electrons. The Bertz CT molecular complexity index is 618. The number of fused-ring (bicyclic) bond motifs is 1. The van der Waals surface area contributed by atoms with Crippen LogP contribution in [0.3, 0.4) is 0 Å². The average molecular weight is 299 g/mol. The van der Waals surface area contributed by atoms with Gasteiger partial charge in [0.25, 0.3) is 5.91 Å². The Kier molecular flexibility index (Phi) is 4.39. The molecule has 1 amide bonds. The highest BCUT2D eigenvalue weighted by Crippen LogP contribution is 2.26. The molecule has 0 aliphatic heterocycles. The van der Waals surface area contributed by atoms with Crippen molar-refractivity contribution in [1.82, 2.24) is 5.32 Å².